The first-order valence-electron chi connectivity index (χ1n) is 11.3. The second-order valence-corrected chi connectivity index (χ2v) is 7.92. The molecule has 170 valence electrons. The van der Waals surface area contributed by atoms with Crippen LogP contribution in [0.4, 0.5) is 0 Å². The van der Waals surface area contributed by atoms with E-state index in [4.69, 9.17) is 15.2 Å². The number of fused-ring (bicyclic) bond motifs is 1. The van der Waals surface area contributed by atoms with Crippen LogP contribution in [-0.2, 0) is 27.2 Å². The Bertz CT molecular complexity index is 981. The van der Waals surface area contributed by atoms with Gasteiger partial charge in [0.1, 0.15) is 0 Å². The first-order chi connectivity index (χ1) is 15.5. The lowest BCUT2D eigenvalue weighted by Gasteiger charge is -2.36. The molecule has 0 aromatic heterocycles. The van der Waals surface area contributed by atoms with Gasteiger partial charge < -0.3 is 20.1 Å². The highest BCUT2D eigenvalue weighted by Gasteiger charge is 2.31. The molecule has 0 saturated carbocycles. The molecule has 3 rings (SSSR count). The third-order valence-electron chi connectivity index (χ3n) is 5.67. The third kappa shape index (κ3) is 5.94. The fourth-order valence-corrected chi connectivity index (χ4v) is 4.01. The van der Waals surface area contributed by atoms with Crippen molar-refractivity contribution in [3.05, 3.63) is 83.9 Å². The van der Waals surface area contributed by atoms with Crippen molar-refractivity contribution in [2.45, 2.75) is 52.1 Å². The second-order valence-electron chi connectivity index (χ2n) is 7.92. The number of ether oxygens (including phenoxy) is 2. The largest absolute Gasteiger partial charge is 0.351 e. The molecule has 3 aromatic carbocycles. The number of rotatable bonds is 11. The minimum atomic E-state index is -0.654. The van der Waals surface area contributed by atoms with Crippen molar-refractivity contribution in [1.29, 1.82) is 0 Å². The monoisotopic (exact) mass is 434 g/mol. The maximum atomic E-state index is 13.6. The minimum absolute atomic E-state index is 0.112. The lowest BCUT2D eigenvalue weighted by atomic mass is 10.0. The molecule has 32 heavy (non-hydrogen) atoms. The first-order valence-corrected chi connectivity index (χ1v) is 11.3. The summed E-state index contributed by atoms with van der Waals surface area (Å²) in [4.78, 5) is 15.4. The molecule has 0 heterocycles. The molecule has 5 nitrogen and oxygen atoms in total. The van der Waals surface area contributed by atoms with Gasteiger partial charge >= 0.3 is 0 Å². The average Bonchev–Trinajstić information content (AvgIpc) is 2.82. The van der Waals surface area contributed by atoms with E-state index in [0.29, 0.717) is 26.2 Å². The van der Waals surface area contributed by atoms with Gasteiger partial charge in [-0.25, -0.2) is 0 Å². The first kappa shape index (κ1) is 23.9. The van der Waals surface area contributed by atoms with Crippen molar-refractivity contribution in [1.82, 2.24) is 4.90 Å². The summed E-state index contributed by atoms with van der Waals surface area (Å²) >= 11 is 0. The molecule has 0 radical (unpaired) electrons. The Morgan fingerprint density at radius 3 is 2.22 bits per heavy atom. The molecule has 0 spiro atoms. The summed E-state index contributed by atoms with van der Waals surface area (Å²) in [6.45, 7) is 7.25. The van der Waals surface area contributed by atoms with Gasteiger partial charge in [0.2, 0.25) is 5.91 Å². The van der Waals surface area contributed by atoms with Gasteiger partial charge in [-0.3, -0.25) is 4.79 Å². The van der Waals surface area contributed by atoms with Crippen LogP contribution < -0.4 is 5.73 Å². The summed E-state index contributed by atoms with van der Waals surface area (Å²) < 4.78 is 11.7. The van der Waals surface area contributed by atoms with Crippen LogP contribution in [0.2, 0.25) is 0 Å². The van der Waals surface area contributed by atoms with E-state index in [1.807, 2.05) is 74.2 Å². The van der Waals surface area contributed by atoms with E-state index in [1.165, 1.54) is 0 Å². The quantitative estimate of drug-likeness (QED) is 0.451. The van der Waals surface area contributed by atoms with Crippen molar-refractivity contribution in [2.24, 2.45) is 5.73 Å². The topological polar surface area (TPSA) is 64.8 Å². The van der Waals surface area contributed by atoms with Gasteiger partial charge in [0.15, 0.2) is 6.29 Å². The van der Waals surface area contributed by atoms with E-state index in [0.717, 1.165) is 21.9 Å². The number of nitrogens with two attached hydrogens (primary N) is 1. The molecule has 0 aliphatic heterocycles. The highest BCUT2D eigenvalue weighted by atomic mass is 16.7. The molecule has 3 aromatic rings. The molecule has 2 unspecified atom stereocenters. The summed E-state index contributed by atoms with van der Waals surface area (Å²) in [5.41, 5.74) is 8.54. The standard InChI is InChI=1S/C27H34N2O3/c1-4-31-27(32-5-2)20(3)29(26(30)25(28)18-21-12-7-6-8-13-21)19-23-16-11-15-22-14-9-10-17-24(22)23/h6-17,20,25,27H,4-5,18-19,28H2,1-3H3. The zero-order valence-corrected chi connectivity index (χ0v) is 19.2. The predicted octanol–water partition coefficient (Wildman–Crippen LogP) is 4.53. The highest BCUT2D eigenvalue weighted by molar-refractivity contribution is 5.87. The van der Waals surface area contributed by atoms with Crippen molar-refractivity contribution >= 4 is 16.7 Å². The van der Waals surface area contributed by atoms with E-state index >= 15 is 0 Å². The highest BCUT2D eigenvalue weighted by Crippen LogP contribution is 2.23. The van der Waals surface area contributed by atoms with Crippen LogP contribution in [0, 0.1) is 0 Å². The maximum Gasteiger partial charge on any atom is 0.240 e. The van der Waals surface area contributed by atoms with Gasteiger partial charge in [-0.1, -0.05) is 72.8 Å². The SMILES string of the molecule is CCOC(OCC)C(C)N(Cc1cccc2ccccc12)C(=O)C(N)Cc1ccccc1. The van der Waals surface area contributed by atoms with Crippen LogP contribution in [0.1, 0.15) is 31.9 Å². The molecule has 5 heteroatoms. The van der Waals surface area contributed by atoms with Crippen LogP contribution >= 0.6 is 0 Å². The number of hydrogen-bond acceptors (Lipinski definition) is 4. The van der Waals surface area contributed by atoms with Gasteiger partial charge in [-0.2, -0.15) is 0 Å². The smallest absolute Gasteiger partial charge is 0.240 e. The number of amides is 1. The number of nitrogens with zero attached hydrogens (tertiary/aromatic N) is 1. The zero-order chi connectivity index (χ0) is 22.9. The van der Waals surface area contributed by atoms with Crippen molar-refractivity contribution < 1.29 is 14.3 Å². The second kappa shape index (κ2) is 11.8. The summed E-state index contributed by atoms with van der Waals surface area (Å²) in [6.07, 6.45) is -0.0420. The van der Waals surface area contributed by atoms with E-state index in [9.17, 15) is 4.79 Å². The normalized spacial score (nSPS) is 13.3. The summed E-state index contributed by atoms with van der Waals surface area (Å²) in [5.74, 6) is -0.112. The number of benzene rings is 3. The maximum absolute atomic E-state index is 13.6. The Morgan fingerprint density at radius 2 is 1.53 bits per heavy atom. The molecule has 0 saturated heterocycles. The molecule has 0 aliphatic rings. The average molecular weight is 435 g/mol. The summed E-state index contributed by atoms with van der Waals surface area (Å²) in [5, 5.41) is 2.27. The van der Waals surface area contributed by atoms with Crippen LogP contribution in [0.25, 0.3) is 10.8 Å². The third-order valence-corrected chi connectivity index (χ3v) is 5.67. The van der Waals surface area contributed by atoms with E-state index in [2.05, 4.69) is 24.3 Å². The summed E-state index contributed by atoms with van der Waals surface area (Å²) in [7, 11) is 0. The molecule has 2 N–H and O–H groups in total. The molecule has 2 atom stereocenters. The molecule has 0 aliphatic carbocycles. The molecule has 0 bridgehead atoms. The number of carbonyl (C=O) groups excluding carboxylic acids is 1. The number of carbonyl (C=O) groups is 1. The van der Waals surface area contributed by atoms with Crippen LogP contribution in [0.15, 0.2) is 72.8 Å². The molecular formula is C27H34N2O3. The van der Waals surface area contributed by atoms with Crippen LogP contribution in [0.3, 0.4) is 0 Å². The van der Waals surface area contributed by atoms with Gasteiger partial charge in [0, 0.05) is 19.8 Å². The Labute approximate surface area is 191 Å². The fraction of sp³-hybridized carbons (Fsp3) is 0.370. The minimum Gasteiger partial charge on any atom is -0.351 e. The van der Waals surface area contributed by atoms with E-state index in [1.54, 1.807) is 0 Å². The van der Waals surface area contributed by atoms with Gasteiger partial charge in [-0.15, -0.1) is 0 Å². The fourth-order valence-electron chi connectivity index (χ4n) is 4.01. The van der Waals surface area contributed by atoms with Gasteiger partial charge in [-0.05, 0) is 49.1 Å². The van der Waals surface area contributed by atoms with Crippen molar-refractivity contribution in [3.63, 3.8) is 0 Å². The Balaban J connectivity index is 1.91. The van der Waals surface area contributed by atoms with Crippen molar-refractivity contribution in [2.75, 3.05) is 13.2 Å². The zero-order valence-electron chi connectivity index (χ0n) is 19.2. The van der Waals surface area contributed by atoms with E-state index < -0.39 is 12.3 Å². The number of hydrogen-bond donors (Lipinski definition) is 1. The van der Waals surface area contributed by atoms with Crippen molar-refractivity contribution in [3.8, 4) is 0 Å². The van der Waals surface area contributed by atoms with E-state index in [-0.39, 0.29) is 11.9 Å². The van der Waals surface area contributed by atoms with Crippen LogP contribution in [-0.4, -0.2) is 42.4 Å². The van der Waals surface area contributed by atoms with Crippen LogP contribution in [0.5, 0.6) is 0 Å². The molecular weight excluding hydrogens is 400 g/mol. The Kier molecular flexibility index (Phi) is 8.80. The Hall–Kier alpha value is -2.73. The lowest BCUT2D eigenvalue weighted by molar-refractivity contribution is -0.179. The summed E-state index contributed by atoms with van der Waals surface area (Å²) in [6, 6.07) is 23.3. The van der Waals surface area contributed by atoms with Gasteiger partial charge in [0.05, 0.1) is 12.1 Å². The lowest BCUT2D eigenvalue weighted by Crippen LogP contribution is -2.52. The Morgan fingerprint density at radius 1 is 0.906 bits per heavy atom. The van der Waals surface area contributed by atoms with Gasteiger partial charge in [0.25, 0.3) is 0 Å². The predicted molar refractivity (Wildman–Crippen MR) is 129 cm³/mol. The molecule has 1 amide bonds. The molecule has 0 fully saturated rings.